The maximum absolute atomic E-state index is 14.5. The van der Waals surface area contributed by atoms with Gasteiger partial charge in [-0.1, -0.05) is 6.07 Å². The molecular formula is C19H14Br2F8N2OS. The van der Waals surface area contributed by atoms with Crippen molar-refractivity contribution < 1.29 is 39.9 Å². The summed E-state index contributed by atoms with van der Waals surface area (Å²) in [6.45, 7) is -0.107. The first-order valence-electron chi connectivity index (χ1n) is 8.74. The monoisotopic (exact) mass is 628 g/mol. The number of rotatable bonds is 6. The van der Waals surface area contributed by atoms with Gasteiger partial charge in [0, 0.05) is 26.8 Å². The van der Waals surface area contributed by atoms with E-state index >= 15 is 0 Å². The summed E-state index contributed by atoms with van der Waals surface area (Å²) in [4.78, 5) is 14.0. The van der Waals surface area contributed by atoms with Crippen LogP contribution in [-0.2, 0) is 5.67 Å². The molecule has 3 nitrogen and oxygen atoms in total. The Morgan fingerprint density at radius 1 is 1.03 bits per heavy atom. The molecule has 0 radical (unpaired) electrons. The number of halogens is 10. The van der Waals surface area contributed by atoms with Crippen molar-refractivity contribution in [3.8, 4) is 0 Å². The number of thioether (sulfide) groups is 1. The third kappa shape index (κ3) is 5.26. The van der Waals surface area contributed by atoms with Crippen LogP contribution in [0.4, 0.5) is 46.5 Å². The highest BCUT2D eigenvalue weighted by Gasteiger charge is 2.73. The van der Waals surface area contributed by atoms with E-state index in [0.717, 1.165) is 11.0 Å². The second kappa shape index (κ2) is 9.98. The second-order valence-electron chi connectivity index (χ2n) is 6.60. The number of nitrogen functional groups attached to an aromatic ring is 1. The Morgan fingerprint density at radius 3 is 2.00 bits per heavy atom. The molecule has 0 fully saturated rings. The van der Waals surface area contributed by atoms with Crippen molar-refractivity contribution in [2.75, 3.05) is 29.2 Å². The fourth-order valence-electron chi connectivity index (χ4n) is 2.87. The summed E-state index contributed by atoms with van der Waals surface area (Å²) in [7, 11) is 0. The van der Waals surface area contributed by atoms with Crippen molar-refractivity contribution in [2.24, 2.45) is 0 Å². The van der Waals surface area contributed by atoms with Crippen LogP contribution in [0.25, 0.3) is 0 Å². The maximum atomic E-state index is 14.5. The van der Waals surface area contributed by atoms with Crippen LogP contribution in [0.3, 0.4) is 0 Å². The maximum Gasteiger partial charge on any atom is 0.435 e. The van der Waals surface area contributed by atoms with Gasteiger partial charge in [0.1, 0.15) is 0 Å². The fourth-order valence-corrected chi connectivity index (χ4v) is 4.85. The van der Waals surface area contributed by atoms with Crippen molar-refractivity contribution in [3.05, 3.63) is 56.2 Å². The third-order valence-electron chi connectivity index (χ3n) is 4.49. The van der Waals surface area contributed by atoms with Crippen LogP contribution in [0.2, 0.25) is 0 Å². The zero-order valence-electron chi connectivity index (χ0n) is 16.4. The number of alkyl halides is 7. The zero-order valence-corrected chi connectivity index (χ0v) is 20.4. The smallest absolute Gasteiger partial charge is 0.396 e. The Morgan fingerprint density at radius 2 is 1.55 bits per heavy atom. The standard InChI is InChI=1S/C19H14Br2F8N2OS/c1-33-6-5-31(16(32)10-3-2-4-13(30)14(10)22)15-11(20)7-9(8-12(15)21)17(23,18(24,25)26)19(27,28)29/h2-4,7-8H,5-6,30H2,1H3. The molecule has 2 aromatic carbocycles. The van der Waals surface area contributed by atoms with E-state index in [1.165, 1.54) is 23.9 Å². The van der Waals surface area contributed by atoms with Gasteiger partial charge in [0.15, 0.2) is 5.82 Å². The first-order chi connectivity index (χ1) is 15.1. The molecule has 14 heteroatoms. The molecule has 0 atom stereocenters. The number of nitrogens with two attached hydrogens (primary N) is 1. The van der Waals surface area contributed by atoms with Gasteiger partial charge in [0.05, 0.1) is 16.9 Å². The Labute approximate surface area is 203 Å². The lowest BCUT2D eigenvalue weighted by molar-refractivity contribution is -0.348. The molecule has 0 aliphatic rings. The summed E-state index contributed by atoms with van der Waals surface area (Å²) >= 11 is 6.95. The van der Waals surface area contributed by atoms with Gasteiger partial charge < -0.3 is 10.6 Å². The number of hydrogen-bond acceptors (Lipinski definition) is 3. The molecule has 2 rings (SSSR count). The van der Waals surface area contributed by atoms with Gasteiger partial charge in [-0.05, 0) is 62.4 Å². The Balaban J connectivity index is 2.70. The van der Waals surface area contributed by atoms with E-state index in [1.807, 2.05) is 0 Å². The number of hydrogen-bond donors (Lipinski definition) is 1. The van der Waals surface area contributed by atoms with Gasteiger partial charge in [0.2, 0.25) is 0 Å². The highest BCUT2D eigenvalue weighted by Crippen LogP contribution is 2.54. The van der Waals surface area contributed by atoms with Crippen molar-refractivity contribution in [3.63, 3.8) is 0 Å². The SMILES string of the molecule is CSCCN(C(=O)c1cccc(N)c1F)c1c(Br)cc(C(F)(C(F)(F)F)C(F)(F)F)cc1Br. The molecule has 33 heavy (non-hydrogen) atoms. The molecule has 1 amide bonds. The molecule has 0 heterocycles. The molecule has 0 unspecified atom stereocenters. The van der Waals surface area contributed by atoms with E-state index in [1.54, 1.807) is 6.26 Å². The lowest BCUT2D eigenvalue weighted by atomic mass is 9.94. The van der Waals surface area contributed by atoms with Crippen LogP contribution in [-0.4, -0.2) is 36.8 Å². The minimum absolute atomic E-state index is 0.107. The largest absolute Gasteiger partial charge is 0.435 e. The number of nitrogens with zero attached hydrogens (tertiary/aromatic N) is 1. The fraction of sp³-hybridized carbons (Fsp3) is 0.316. The number of carbonyl (C=O) groups excluding carboxylic acids is 1. The molecule has 0 bridgehead atoms. The van der Waals surface area contributed by atoms with Gasteiger partial charge >= 0.3 is 18.0 Å². The number of anilines is 2. The van der Waals surface area contributed by atoms with Crippen molar-refractivity contribution in [1.29, 1.82) is 0 Å². The molecule has 2 aromatic rings. The first kappa shape index (κ1) is 27.7. The van der Waals surface area contributed by atoms with Crippen molar-refractivity contribution in [2.45, 2.75) is 18.0 Å². The average molecular weight is 630 g/mol. The highest BCUT2D eigenvalue weighted by molar-refractivity contribution is 9.11. The van der Waals surface area contributed by atoms with Gasteiger partial charge in [0.25, 0.3) is 5.91 Å². The van der Waals surface area contributed by atoms with E-state index in [0.29, 0.717) is 0 Å². The molecule has 2 N–H and O–H groups in total. The predicted molar refractivity (Wildman–Crippen MR) is 118 cm³/mol. The third-order valence-corrected chi connectivity index (χ3v) is 6.29. The summed E-state index contributed by atoms with van der Waals surface area (Å²) in [5.41, 5.74) is -2.96. The molecular weight excluding hydrogens is 616 g/mol. The molecule has 0 saturated heterocycles. The number of benzene rings is 2. The predicted octanol–water partition coefficient (Wildman–Crippen LogP) is 7.23. The van der Waals surface area contributed by atoms with Crippen LogP contribution in [0, 0.1) is 5.82 Å². The Kier molecular flexibility index (Phi) is 8.38. The molecule has 0 saturated carbocycles. The van der Waals surface area contributed by atoms with Crippen LogP contribution >= 0.6 is 43.6 Å². The number of amides is 1. The zero-order chi connectivity index (χ0) is 25.4. The first-order valence-corrected chi connectivity index (χ1v) is 11.7. The van der Waals surface area contributed by atoms with E-state index in [-0.39, 0.29) is 35.8 Å². The van der Waals surface area contributed by atoms with E-state index < -0.39 is 49.8 Å². The average Bonchev–Trinajstić information content (AvgIpc) is 2.69. The van der Waals surface area contributed by atoms with Crippen LogP contribution in [0.15, 0.2) is 39.3 Å². The Bertz CT molecular complexity index is 1010. The van der Waals surface area contributed by atoms with Crippen LogP contribution in [0.5, 0.6) is 0 Å². The number of carbonyl (C=O) groups is 1. The summed E-state index contributed by atoms with van der Waals surface area (Å²) in [5.74, 6) is -1.73. The van der Waals surface area contributed by atoms with Gasteiger partial charge in [-0.3, -0.25) is 4.79 Å². The van der Waals surface area contributed by atoms with E-state index in [4.69, 9.17) is 5.73 Å². The Hall–Kier alpha value is -1.54. The summed E-state index contributed by atoms with van der Waals surface area (Å²) in [6, 6.07) is 4.20. The molecule has 0 aliphatic carbocycles. The topological polar surface area (TPSA) is 46.3 Å². The van der Waals surface area contributed by atoms with Crippen molar-refractivity contribution in [1.82, 2.24) is 0 Å². The minimum Gasteiger partial charge on any atom is -0.396 e. The molecule has 0 spiro atoms. The summed E-state index contributed by atoms with van der Waals surface area (Å²) in [6.07, 6.45) is -10.9. The minimum atomic E-state index is -6.31. The summed E-state index contributed by atoms with van der Waals surface area (Å²) in [5, 5.41) is 0. The normalized spacial score (nSPS) is 12.7. The highest BCUT2D eigenvalue weighted by atomic mass is 79.9. The molecule has 0 aliphatic heterocycles. The van der Waals surface area contributed by atoms with E-state index in [2.05, 4.69) is 31.9 Å². The van der Waals surface area contributed by atoms with Crippen LogP contribution < -0.4 is 10.6 Å². The van der Waals surface area contributed by atoms with Gasteiger partial charge in [-0.25, -0.2) is 8.78 Å². The molecule has 182 valence electrons. The lowest BCUT2D eigenvalue weighted by Crippen LogP contribution is -2.50. The van der Waals surface area contributed by atoms with Crippen LogP contribution in [0.1, 0.15) is 15.9 Å². The van der Waals surface area contributed by atoms with E-state index in [9.17, 15) is 39.9 Å². The quantitative estimate of drug-likeness (QED) is 0.271. The summed E-state index contributed by atoms with van der Waals surface area (Å²) < 4.78 is 107. The molecule has 0 aromatic heterocycles. The van der Waals surface area contributed by atoms with Gasteiger partial charge in [-0.15, -0.1) is 0 Å². The van der Waals surface area contributed by atoms with Crippen molar-refractivity contribution >= 4 is 60.9 Å². The second-order valence-corrected chi connectivity index (χ2v) is 9.30. The van der Waals surface area contributed by atoms with Gasteiger partial charge in [-0.2, -0.15) is 38.1 Å². The lowest BCUT2D eigenvalue weighted by Gasteiger charge is -2.32.